The molecule has 1 unspecified atom stereocenters. The van der Waals surface area contributed by atoms with Gasteiger partial charge in [-0.25, -0.2) is 4.98 Å². The Morgan fingerprint density at radius 2 is 1.79 bits per heavy atom. The molecule has 2 heterocycles. The predicted octanol–water partition coefficient (Wildman–Crippen LogP) is 3.86. The van der Waals surface area contributed by atoms with E-state index in [9.17, 15) is 9.59 Å². The quantitative estimate of drug-likeness (QED) is 0.594. The van der Waals surface area contributed by atoms with Crippen LogP contribution in [0.1, 0.15) is 42.8 Å². The van der Waals surface area contributed by atoms with Gasteiger partial charge in [0.05, 0.1) is 0 Å². The molecule has 0 aliphatic carbocycles. The van der Waals surface area contributed by atoms with Crippen LogP contribution in [0.3, 0.4) is 0 Å². The lowest BCUT2D eigenvalue weighted by molar-refractivity contribution is 0.0940. The molecule has 0 spiro atoms. The summed E-state index contributed by atoms with van der Waals surface area (Å²) in [7, 11) is 1.91. The molecule has 174 valence electrons. The van der Waals surface area contributed by atoms with Gasteiger partial charge in [0.15, 0.2) is 5.69 Å². The van der Waals surface area contributed by atoms with Crippen LogP contribution in [0.5, 0.6) is 5.75 Å². The minimum Gasteiger partial charge on any atom is -0.481 e. The zero-order valence-electron chi connectivity index (χ0n) is 19.2. The smallest absolute Gasteiger partial charge is 0.298 e. The number of ether oxygens (including phenoxy) is 1. The van der Waals surface area contributed by atoms with E-state index in [1.165, 1.54) is 0 Å². The summed E-state index contributed by atoms with van der Waals surface area (Å²) in [6, 6.07) is 19.2. The first-order valence-electron chi connectivity index (χ1n) is 11.4. The van der Waals surface area contributed by atoms with Crippen molar-refractivity contribution in [1.29, 1.82) is 0 Å². The number of carbonyl (C=O) groups is 1. The highest BCUT2D eigenvalue weighted by atomic mass is 16.5. The van der Waals surface area contributed by atoms with Gasteiger partial charge in [-0.1, -0.05) is 74.0 Å². The Labute approximate surface area is 195 Å². The maximum absolute atomic E-state index is 13.6. The molecular weight excluding hydrogens is 416 g/mol. The lowest BCUT2D eigenvalue weighted by Gasteiger charge is -2.21. The fraction of sp³-hybridized carbons (Fsp3) is 0.346. The van der Waals surface area contributed by atoms with Gasteiger partial charge in [0, 0.05) is 28.1 Å². The average Bonchev–Trinajstić information content (AvgIpc) is 3.02. The highest BCUT2D eigenvalue weighted by Gasteiger charge is 2.28. The van der Waals surface area contributed by atoms with Crippen LogP contribution < -0.4 is 20.5 Å². The Kier molecular flexibility index (Phi) is 7.07. The standard InChI is InChI=1S/C26H30N4O3.H2/c1-3-19-14-15-29(2)26-28-22(24(31)27-16-20-10-6-4-7-11-20)23(25(32)30(26)17-19)33-18-21-12-8-5-9-13-21;/h4-13,19H,3,14-18H2,1-2H3,(H,27,31);1H. The van der Waals surface area contributed by atoms with Gasteiger partial charge in [-0.15, -0.1) is 0 Å². The number of hydrogen-bond acceptors (Lipinski definition) is 5. The first-order chi connectivity index (χ1) is 16.1. The third-order valence-corrected chi connectivity index (χ3v) is 6.08. The fourth-order valence-electron chi connectivity index (χ4n) is 4.02. The normalized spacial score (nSPS) is 15.5. The molecule has 1 atom stereocenters. The highest BCUT2D eigenvalue weighted by molar-refractivity contribution is 5.95. The van der Waals surface area contributed by atoms with Gasteiger partial charge in [-0.3, -0.25) is 14.2 Å². The maximum Gasteiger partial charge on any atom is 0.298 e. The zero-order valence-corrected chi connectivity index (χ0v) is 19.2. The van der Waals surface area contributed by atoms with E-state index in [0.29, 0.717) is 25.0 Å². The molecule has 7 nitrogen and oxygen atoms in total. The fourth-order valence-corrected chi connectivity index (χ4v) is 4.02. The van der Waals surface area contributed by atoms with Crippen LogP contribution in [0.15, 0.2) is 65.5 Å². The summed E-state index contributed by atoms with van der Waals surface area (Å²) < 4.78 is 7.63. The number of nitrogens with one attached hydrogen (secondary N) is 1. The van der Waals surface area contributed by atoms with Gasteiger partial charge < -0.3 is 15.0 Å². The van der Waals surface area contributed by atoms with E-state index in [1.54, 1.807) is 4.57 Å². The van der Waals surface area contributed by atoms with Crippen LogP contribution in [-0.2, 0) is 19.7 Å². The number of fused-ring (bicyclic) bond motifs is 1. The van der Waals surface area contributed by atoms with Crippen molar-refractivity contribution >= 4 is 11.9 Å². The summed E-state index contributed by atoms with van der Waals surface area (Å²) in [5, 5.41) is 2.89. The Bertz CT molecular complexity index is 1150. The monoisotopic (exact) mass is 448 g/mol. The second kappa shape index (κ2) is 10.3. The van der Waals surface area contributed by atoms with Crippen LogP contribution >= 0.6 is 0 Å². The zero-order chi connectivity index (χ0) is 23.2. The summed E-state index contributed by atoms with van der Waals surface area (Å²) in [5.41, 5.74) is 1.59. The number of aromatic nitrogens is 2. The van der Waals surface area contributed by atoms with Crippen molar-refractivity contribution in [2.45, 2.75) is 39.5 Å². The predicted molar refractivity (Wildman–Crippen MR) is 131 cm³/mol. The molecule has 0 radical (unpaired) electrons. The van der Waals surface area contributed by atoms with Crippen molar-refractivity contribution in [2.75, 3.05) is 18.5 Å². The van der Waals surface area contributed by atoms with E-state index in [2.05, 4.69) is 17.2 Å². The topological polar surface area (TPSA) is 76.5 Å². The molecule has 33 heavy (non-hydrogen) atoms. The number of hydrogen-bond donors (Lipinski definition) is 1. The summed E-state index contributed by atoms with van der Waals surface area (Å²) in [4.78, 5) is 33.4. The van der Waals surface area contributed by atoms with Crippen molar-refractivity contribution in [3.05, 3.63) is 87.8 Å². The Morgan fingerprint density at radius 1 is 1.12 bits per heavy atom. The molecule has 0 fully saturated rings. The van der Waals surface area contributed by atoms with E-state index in [-0.39, 0.29) is 25.0 Å². The molecule has 1 aromatic heterocycles. The third-order valence-electron chi connectivity index (χ3n) is 6.08. The molecule has 2 aromatic carbocycles. The lowest BCUT2D eigenvalue weighted by atomic mass is 10.0. The second-order valence-electron chi connectivity index (χ2n) is 8.43. The molecule has 7 heteroatoms. The number of benzene rings is 2. The minimum absolute atomic E-state index is 0. The van der Waals surface area contributed by atoms with Gasteiger partial charge in [0.1, 0.15) is 6.61 Å². The van der Waals surface area contributed by atoms with Crippen molar-refractivity contribution < 1.29 is 11.0 Å². The Hall–Kier alpha value is -3.61. The molecule has 0 bridgehead atoms. The summed E-state index contributed by atoms with van der Waals surface area (Å²) >= 11 is 0. The van der Waals surface area contributed by atoms with E-state index in [0.717, 1.165) is 30.5 Å². The summed E-state index contributed by atoms with van der Waals surface area (Å²) in [6.07, 6.45) is 1.94. The van der Waals surface area contributed by atoms with Gasteiger partial charge >= 0.3 is 0 Å². The van der Waals surface area contributed by atoms with Crippen LogP contribution in [0.25, 0.3) is 0 Å². The maximum atomic E-state index is 13.6. The number of anilines is 1. The van der Waals surface area contributed by atoms with Gasteiger partial charge in [0.2, 0.25) is 11.7 Å². The highest BCUT2D eigenvalue weighted by Crippen LogP contribution is 2.24. The molecule has 1 amide bonds. The van der Waals surface area contributed by atoms with E-state index in [4.69, 9.17) is 4.74 Å². The SMILES string of the molecule is CCC1CCN(C)c2nc(C(=O)NCc3ccccc3)c(OCc3ccccc3)c(=O)n2C1.[HH]. The molecule has 1 N–H and O–H groups in total. The molecule has 4 rings (SSSR count). The Balaban J connectivity index is 0.00000324. The largest absolute Gasteiger partial charge is 0.481 e. The van der Waals surface area contributed by atoms with E-state index < -0.39 is 5.91 Å². The summed E-state index contributed by atoms with van der Waals surface area (Å²) in [5.74, 6) is 0.450. The molecule has 1 aliphatic rings. The van der Waals surface area contributed by atoms with E-state index in [1.807, 2.05) is 72.6 Å². The number of amides is 1. The number of nitrogens with zero attached hydrogens (tertiary/aromatic N) is 3. The third kappa shape index (κ3) is 5.25. The van der Waals surface area contributed by atoms with Gasteiger partial charge in [-0.05, 0) is 23.5 Å². The molecule has 0 saturated heterocycles. The van der Waals surface area contributed by atoms with Crippen molar-refractivity contribution in [1.82, 2.24) is 14.9 Å². The molecular formula is C26H32N4O3. The second-order valence-corrected chi connectivity index (χ2v) is 8.43. The van der Waals surface area contributed by atoms with Gasteiger partial charge in [0.25, 0.3) is 11.5 Å². The van der Waals surface area contributed by atoms with E-state index >= 15 is 0 Å². The minimum atomic E-state index is -0.424. The number of rotatable bonds is 7. The first kappa shape index (κ1) is 22.6. The van der Waals surface area contributed by atoms with Crippen molar-refractivity contribution in [2.24, 2.45) is 5.92 Å². The Morgan fingerprint density at radius 3 is 2.45 bits per heavy atom. The van der Waals surface area contributed by atoms with Crippen LogP contribution in [0, 0.1) is 5.92 Å². The lowest BCUT2D eigenvalue weighted by Crippen LogP contribution is -2.34. The molecule has 3 aromatic rings. The van der Waals surface area contributed by atoms with Crippen LogP contribution in [0.2, 0.25) is 0 Å². The summed E-state index contributed by atoms with van der Waals surface area (Å²) in [6.45, 7) is 4.00. The van der Waals surface area contributed by atoms with Gasteiger partial charge in [-0.2, -0.15) is 0 Å². The van der Waals surface area contributed by atoms with Crippen molar-refractivity contribution in [3.8, 4) is 5.75 Å². The molecule has 0 saturated carbocycles. The average molecular weight is 449 g/mol. The van der Waals surface area contributed by atoms with Crippen LogP contribution in [0.4, 0.5) is 5.95 Å². The molecule has 1 aliphatic heterocycles. The number of carbonyl (C=O) groups excluding carboxylic acids is 1. The van der Waals surface area contributed by atoms with Crippen LogP contribution in [-0.4, -0.2) is 29.1 Å². The van der Waals surface area contributed by atoms with Crippen molar-refractivity contribution in [3.63, 3.8) is 0 Å². The first-order valence-corrected chi connectivity index (χ1v) is 11.4.